The Balaban J connectivity index is 1.66. The first-order valence-corrected chi connectivity index (χ1v) is 9.30. The molecule has 7 heteroatoms. The topological polar surface area (TPSA) is 66.3 Å². The molecule has 0 spiro atoms. The SMILES string of the molecule is O=Cc1cc(-c2ccc(F)c(F)c2)ncc1N1CCCC(O)(c2ccccn2)C1. The highest BCUT2D eigenvalue weighted by Crippen LogP contribution is 2.34. The summed E-state index contributed by atoms with van der Waals surface area (Å²) in [6.45, 7) is 0.930. The lowest BCUT2D eigenvalue weighted by Gasteiger charge is -2.40. The highest BCUT2D eigenvalue weighted by atomic mass is 19.2. The monoisotopic (exact) mass is 395 g/mol. The van der Waals surface area contributed by atoms with Crippen molar-refractivity contribution in [3.8, 4) is 11.3 Å². The van der Waals surface area contributed by atoms with Gasteiger partial charge in [0, 0.05) is 23.9 Å². The Hall–Kier alpha value is -3.19. The average molecular weight is 395 g/mol. The molecule has 29 heavy (non-hydrogen) atoms. The maximum Gasteiger partial charge on any atom is 0.159 e. The van der Waals surface area contributed by atoms with E-state index >= 15 is 0 Å². The minimum atomic E-state index is -1.13. The van der Waals surface area contributed by atoms with Gasteiger partial charge in [0.25, 0.3) is 0 Å². The van der Waals surface area contributed by atoms with Gasteiger partial charge >= 0.3 is 0 Å². The molecule has 3 heterocycles. The van der Waals surface area contributed by atoms with Crippen molar-refractivity contribution in [3.63, 3.8) is 0 Å². The molecule has 1 fully saturated rings. The Kier molecular flexibility index (Phi) is 5.07. The van der Waals surface area contributed by atoms with Crippen LogP contribution in [0, 0.1) is 11.6 Å². The zero-order chi connectivity index (χ0) is 20.4. The van der Waals surface area contributed by atoms with Gasteiger partial charge in [-0.1, -0.05) is 6.07 Å². The highest BCUT2D eigenvalue weighted by Gasteiger charge is 2.36. The summed E-state index contributed by atoms with van der Waals surface area (Å²) < 4.78 is 26.7. The predicted molar refractivity (Wildman–Crippen MR) is 105 cm³/mol. The number of hydrogen-bond donors (Lipinski definition) is 1. The zero-order valence-electron chi connectivity index (χ0n) is 15.6. The molecular weight excluding hydrogens is 376 g/mol. The van der Waals surface area contributed by atoms with Gasteiger partial charge < -0.3 is 10.0 Å². The second-order valence-electron chi connectivity index (χ2n) is 7.15. The van der Waals surface area contributed by atoms with E-state index in [9.17, 15) is 18.7 Å². The number of rotatable bonds is 4. The summed E-state index contributed by atoms with van der Waals surface area (Å²) in [6.07, 6.45) is 5.16. The molecule has 148 valence electrons. The number of pyridine rings is 2. The van der Waals surface area contributed by atoms with Gasteiger partial charge in [-0.15, -0.1) is 0 Å². The van der Waals surface area contributed by atoms with E-state index in [1.54, 1.807) is 24.4 Å². The number of halogens is 2. The van der Waals surface area contributed by atoms with Gasteiger partial charge in [-0.25, -0.2) is 8.78 Å². The molecular formula is C22H19F2N3O2. The maximum atomic E-state index is 13.5. The summed E-state index contributed by atoms with van der Waals surface area (Å²) in [4.78, 5) is 22.3. The third-order valence-corrected chi connectivity index (χ3v) is 5.21. The van der Waals surface area contributed by atoms with E-state index in [4.69, 9.17) is 0 Å². The summed E-state index contributed by atoms with van der Waals surface area (Å²) in [5.74, 6) is -1.92. The molecule has 3 aromatic rings. The lowest BCUT2D eigenvalue weighted by Crippen LogP contribution is -2.47. The molecule has 5 nitrogen and oxygen atoms in total. The number of nitrogens with zero attached hydrogens (tertiary/aromatic N) is 3. The van der Waals surface area contributed by atoms with E-state index in [1.165, 1.54) is 12.3 Å². The van der Waals surface area contributed by atoms with Crippen molar-refractivity contribution in [2.24, 2.45) is 0 Å². The number of hydrogen-bond acceptors (Lipinski definition) is 5. The fraction of sp³-hybridized carbons (Fsp3) is 0.227. The average Bonchev–Trinajstić information content (AvgIpc) is 2.76. The lowest BCUT2D eigenvalue weighted by molar-refractivity contribution is 0.0177. The highest BCUT2D eigenvalue weighted by molar-refractivity contribution is 5.86. The molecule has 1 unspecified atom stereocenters. The smallest absolute Gasteiger partial charge is 0.159 e. The Morgan fingerprint density at radius 2 is 1.97 bits per heavy atom. The van der Waals surface area contributed by atoms with Crippen molar-refractivity contribution >= 4 is 12.0 Å². The van der Waals surface area contributed by atoms with Gasteiger partial charge in [0.1, 0.15) is 5.60 Å². The van der Waals surface area contributed by atoms with Crippen molar-refractivity contribution in [2.45, 2.75) is 18.4 Å². The third kappa shape index (κ3) is 3.73. The van der Waals surface area contributed by atoms with Crippen LogP contribution in [0.25, 0.3) is 11.3 Å². The molecule has 4 rings (SSSR count). The van der Waals surface area contributed by atoms with Crippen LogP contribution in [0.15, 0.2) is 54.9 Å². The number of benzene rings is 1. The van der Waals surface area contributed by atoms with Gasteiger partial charge in [-0.2, -0.15) is 0 Å². The molecule has 1 atom stereocenters. The summed E-state index contributed by atoms with van der Waals surface area (Å²) in [6, 6.07) is 10.4. The Morgan fingerprint density at radius 1 is 1.10 bits per heavy atom. The van der Waals surface area contributed by atoms with Crippen LogP contribution >= 0.6 is 0 Å². The van der Waals surface area contributed by atoms with Crippen LogP contribution in [-0.2, 0) is 5.60 Å². The molecule has 0 radical (unpaired) electrons. The maximum absolute atomic E-state index is 13.5. The summed E-state index contributed by atoms with van der Waals surface area (Å²) in [5.41, 5.74) is 1.15. The van der Waals surface area contributed by atoms with Crippen molar-refractivity contribution < 1.29 is 18.7 Å². The minimum absolute atomic E-state index is 0.275. The summed E-state index contributed by atoms with van der Waals surface area (Å²) in [5, 5.41) is 11.1. The van der Waals surface area contributed by atoms with Gasteiger partial charge in [-0.3, -0.25) is 14.8 Å². The van der Waals surface area contributed by atoms with E-state index < -0.39 is 17.2 Å². The second-order valence-corrected chi connectivity index (χ2v) is 7.15. The standard InChI is InChI=1S/C22H19F2N3O2/c23-17-6-5-15(10-18(17)24)19-11-16(13-28)20(12-26-19)27-9-3-7-22(29,14-27)21-4-1-2-8-25-21/h1-2,4-6,8,10-13,29H,3,7,9,14H2. The van der Waals surface area contributed by atoms with E-state index in [2.05, 4.69) is 9.97 Å². The first kappa shape index (κ1) is 19.1. The fourth-order valence-corrected chi connectivity index (χ4v) is 3.72. The molecule has 1 aromatic carbocycles. The van der Waals surface area contributed by atoms with Crippen LogP contribution in [0.3, 0.4) is 0 Å². The zero-order valence-corrected chi connectivity index (χ0v) is 15.6. The number of aliphatic hydroxyl groups is 1. The van der Waals surface area contributed by atoms with Crippen LogP contribution < -0.4 is 4.90 Å². The molecule has 1 saturated heterocycles. The third-order valence-electron chi connectivity index (χ3n) is 5.21. The van der Waals surface area contributed by atoms with E-state index in [0.29, 0.717) is 47.5 Å². The number of β-amino-alcohol motifs (C(OH)–C–C–N with tert-alkyl or cyclic N) is 1. The molecule has 0 amide bonds. The Bertz CT molecular complexity index is 1050. The van der Waals surface area contributed by atoms with Gasteiger partial charge in [-0.05, 0) is 49.2 Å². The molecule has 1 aliphatic heterocycles. The predicted octanol–water partition coefficient (Wildman–Crippen LogP) is 3.72. The van der Waals surface area contributed by atoms with Crippen molar-refractivity contribution in [1.29, 1.82) is 0 Å². The first-order valence-electron chi connectivity index (χ1n) is 9.30. The minimum Gasteiger partial charge on any atom is -0.382 e. The first-order chi connectivity index (χ1) is 14.0. The number of piperidine rings is 1. The molecule has 1 N–H and O–H groups in total. The van der Waals surface area contributed by atoms with Gasteiger partial charge in [0.05, 0.1) is 29.8 Å². The molecule has 0 saturated carbocycles. The van der Waals surface area contributed by atoms with Gasteiger partial charge in [0.15, 0.2) is 17.9 Å². The fourth-order valence-electron chi connectivity index (χ4n) is 3.72. The van der Waals surface area contributed by atoms with Gasteiger partial charge in [0.2, 0.25) is 0 Å². The van der Waals surface area contributed by atoms with Crippen LogP contribution in [0.4, 0.5) is 14.5 Å². The quantitative estimate of drug-likeness (QED) is 0.682. The molecule has 0 bridgehead atoms. The number of carbonyl (C=O) groups is 1. The molecule has 1 aliphatic rings. The largest absolute Gasteiger partial charge is 0.382 e. The van der Waals surface area contributed by atoms with E-state index in [1.807, 2.05) is 11.0 Å². The van der Waals surface area contributed by atoms with Crippen molar-refractivity contribution in [1.82, 2.24) is 9.97 Å². The second kappa shape index (κ2) is 7.67. The number of anilines is 1. The van der Waals surface area contributed by atoms with Crippen LogP contribution in [0.1, 0.15) is 28.9 Å². The lowest BCUT2D eigenvalue weighted by atomic mass is 9.88. The number of aromatic nitrogens is 2. The van der Waals surface area contributed by atoms with Crippen LogP contribution in [0.5, 0.6) is 0 Å². The van der Waals surface area contributed by atoms with E-state index in [0.717, 1.165) is 18.6 Å². The van der Waals surface area contributed by atoms with Crippen LogP contribution in [-0.4, -0.2) is 34.5 Å². The normalized spacial score (nSPS) is 19.2. The van der Waals surface area contributed by atoms with Crippen molar-refractivity contribution in [2.75, 3.05) is 18.0 Å². The summed E-state index contributed by atoms with van der Waals surface area (Å²) >= 11 is 0. The van der Waals surface area contributed by atoms with Crippen molar-refractivity contribution in [3.05, 3.63) is 77.8 Å². The Labute approximate surface area is 166 Å². The number of aldehydes is 1. The molecule has 2 aromatic heterocycles. The van der Waals surface area contributed by atoms with E-state index in [-0.39, 0.29) is 6.54 Å². The Morgan fingerprint density at radius 3 is 2.69 bits per heavy atom. The number of carbonyl (C=O) groups excluding carboxylic acids is 1. The van der Waals surface area contributed by atoms with Crippen LogP contribution in [0.2, 0.25) is 0 Å². The summed E-state index contributed by atoms with van der Waals surface area (Å²) in [7, 11) is 0. The molecule has 0 aliphatic carbocycles.